The third-order valence-electron chi connectivity index (χ3n) is 2.30. The molecule has 0 heterocycles. The van der Waals surface area contributed by atoms with E-state index >= 15 is 0 Å². The first-order valence-corrected chi connectivity index (χ1v) is 5.26. The summed E-state index contributed by atoms with van der Waals surface area (Å²) in [4.78, 5) is 0. The van der Waals surface area contributed by atoms with Crippen LogP contribution >= 0.6 is 0 Å². The van der Waals surface area contributed by atoms with Crippen LogP contribution in [0, 0.1) is 6.07 Å². The van der Waals surface area contributed by atoms with Gasteiger partial charge < -0.3 is 10.5 Å². The van der Waals surface area contributed by atoms with Crippen molar-refractivity contribution < 1.29 is 4.74 Å². The molecule has 0 saturated carbocycles. The van der Waals surface area contributed by atoms with Gasteiger partial charge in [-0.1, -0.05) is 36.4 Å². The minimum absolute atomic E-state index is 0.489. The maximum atomic E-state index is 5.66. The minimum Gasteiger partial charge on any atom is -0.489 e. The summed E-state index contributed by atoms with van der Waals surface area (Å²) < 4.78 is 5.66. The number of hydrogen-bond acceptors (Lipinski definition) is 2. The highest BCUT2D eigenvalue weighted by molar-refractivity contribution is 5.28. The Kier molecular flexibility index (Phi) is 3.57. The summed E-state index contributed by atoms with van der Waals surface area (Å²) in [6.07, 6.45) is 0. The molecule has 0 fully saturated rings. The van der Waals surface area contributed by atoms with Crippen molar-refractivity contribution in [1.82, 2.24) is 0 Å². The third kappa shape index (κ3) is 2.84. The fourth-order valence-electron chi connectivity index (χ4n) is 1.44. The highest BCUT2D eigenvalue weighted by Gasteiger charge is 1.96. The first-order valence-electron chi connectivity index (χ1n) is 5.26. The first kappa shape index (κ1) is 10.7. The standard InChI is InChI=1S/C14H14NO/c15-10-13-7-4-8-14(9-13)16-11-12-5-2-1-3-6-12/h1-6,8-9H,10-11,15H2. The molecule has 0 aliphatic rings. The lowest BCUT2D eigenvalue weighted by atomic mass is 10.2. The van der Waals surface area contributed by atoms with Crippen molar-refractivity contribution in [2.24, 2.45) is 5.73 Å². The van der Waals surface area contributed by atoms with Crippen LogP contribution in [-0.2, 0) is 13.2 Å². The average molecular weight is 212 g/mol. The van der Waals surface area contributed by atoms with Crippen molar-refractivity contribution in [3.63, 3.8) is 0 Å². The Morgan fingerprint density at radius 1 is 1.12 bits per heavy atom. The van der Waals surface area contributed by atoms with Crippen LogP contribution < -0.4 is 10.5 Å². The molecule has 1 radical (unpaired) electrons. The fraction of sp³-hybridized carbons (Fsp3) is 0.143. The van der Waals surface area contributed by atoms with Crippen molar-refractivity contribution in [3.05, 3.63) is 65.7 Å². The highest BCUT2D eigenvalue weighted by atomic mass is 16.5. The van der Waals surface area contributed by atoms with Crippen LogP contribution in [0.3, 0.4) is 0 Å². The second-order valence-electron chi connectivity index (χ2n) is 3.53. The Labute approximate surface area is 95.7 Å². The lowest BCUT2D eigenvalue weighted by Crippen LogP contribution is -1.98. The molecule has 16 heavy (non-hydrogen) atoms. The van der Waals surface area contributed by atoms with Gasteiger partial charge in [-0.25, -0.2) is 0 Å². The molecular formula is C14H14NO. The number of rotatable bonds is 4. The molecule has 2 aromatic carbocycles. The van der Waals surface area contributed by atoms with E-state index in [4.69, 9.17) is 10.5 Å². The highest BCUT2D eigenvalue weighted by Crippen LogP contribution is 2.14. The summed E-state index contributed by atoms with van der Waals surface area (Å²) in [5.74, 6) is 0.836. The zero-order valence-electron chi connectivity index (χ0n) is 9.02. The van der Waals surface area contributed by atoms with Gasteiger partial charge in [-0.15, -0.1) is 0 Å². The molecule has 0 unspecified atom stereocenters. The summed E-state index contributed by atoms with van der Waals surface area (Å²) >= 11 is 0. The van der Waals surface area contributed by atoms with E-state index in [0.29, 0.717) is 13.2 Å². The van der Waals surface area contributed by atoms with Gasteiger partial charge in [0.2, 0.25) is 0 Å². The third-order valence-corrected chi connectivity index (χ3v) is 2.30. The molecule has 0 aliphatic heterocycles. The maximum Gasteiger partial charge on any atom is 0.120 e. The smallest absolute Gasteiger partial charge is 0.120 e. The Bertz CT molecular complexity index is 439. The zero-order valence-corrected chi connectivity index (χ0v) is 9.02. The van der Waals surface area contributed by atoms with E-state index in [1.54, 1.807) is 0 Å². The molecule has 0 saturated heterocycles. The van der Waals surface area contributed by atoms with Gasteiger partial charge in [-0.3, -0.25) is 0 Å². The van der Waals surface area contributed by atoms with Gasteiger partial charge in [0.1, 0.15) is 12.4 Å². The van der Waals surface area contributed by atoms with Crippen molar-refractivity contribution >= 4 is 0 Å². The van der Waals surface area contributed by atoms with Gasteiger partial charge in [-0.2, -0.15) is 0 Å². The number of hydrogen-bond donors (Lipinski definition) is 1. The molecule has 0 amide bonds. The van der Waals surface area contributed by atoms with Crippen LogP contribution in [0.15, 0.2) is 48.5 Å². The van der Waals surface area contributed by atoms with Crippen LogP contribution in [0.2, 0.25) is 0 Å². The van der Waals surface area contributed by atoms with Crippen molar-refractivity contribution in [3.8, 4) is 5.75 Å². The van der Waals surface area contributed by atoms with Gasteiger partial charge in [0.15, 0.2) is 0 Å². The summed E-state index contributed by atoms with van der Waals surface area (Å²) in [5.41, 5.74) is 7.66. The molecule has 2 heteroatoms. The van der Waals surface area contributed by atoms with E-state index in [1.807, 2.05) is 48.5 Å². The van der Waals surface area contributed by atoms with Gasteiger partial charge >= 0.3 is 0 Å². The number of nitrogens with two attached hydrogens (primary N) is 1. The topological polar surface area (TPSA) is 35.2 Å². The average Bonchev–Trinajstić information content (AvgIpc) is 2.38. The van der Waals surface area contributed by atoms with E-state index in [0.717, 1.165) is 16.9 Å². The molecule has 0 aliphatic carbocycles. The van der Waals surface area contributed by atoms with Crippen LogP contribution in [0.25, 0.3) is 0 Å². The second kappa shape index (κ2) is 5.33. The molecule has 0 bridgehead atoms. The van der Waals surface area contributed by atoms with Gasteiger partial charge in [0.05, 0.1) is 0 Å². The lowest BCUT2D eigenvalue weighted by Gasteiger charge is -2.07. The SMILES string of the molecule is NCc1[c]ccc(OCc2ccccc2)c1. The van der Waals surface area contributed by atoms with E-state index in [2.05, 4.69) is 6.07 Å². The summed E-state index contributed by atoms with van der Waals surface area (Å²) in [6.45, 7) is 1.07. The van der Waals surface area contributed by atoms with Gasteiger partial charge in [0.25, 0.3) is 0 Å². The zero-order chi connectivity index (χ0) is 11.2. The van der Waals surface area contributed by atoms with E-state index < -0.39 is 0 Å². The molecule has 0 aromatic heterocycles. The molecule has 0 atom stereocenters. The molecular weight excluding hydrogens is 198 g/mol. The molecule has 81 valence electrons. The number of ether oxygens (including phenoxy) is 1. The summed E-state index contributed by atoms with van der Waals surface area (Å²) in [6, 6.07) is 18.8. The largest absolute Gasteiger partial charge is 0.489 e. The van der Waals surface area contributed by atoms with Crippen LogP contribution in [0.5, 0.6) is 5.75 Å². The molecule has 2 nitrogen and oxygen atoms in total. The van der Waals surface area contributed by atoms with Crippen LogP contribution in [-0.4, -0.2) is 0 Å². The van der Waals surface area contributed by atoms with Crippen molar-refractivity contribution in [2.75, 3.05) is 0 Å². The van der Waals surface area contributed by atoms with Crippen LogP contribution in [0.4, 0.5) is 0 Å². The summed E-state index contributed by atoms with van der Waals surface area (Å²) in [5, 5.41) is 0. The fourth-order valence-corrected chi connectivity index (χ4v) is 1.44. The minimum atomic E-state index is 0.489. The van der Waals surface area contributed by atoms with E-state index in [-0.39, 0.29) is 0 Å². The Morgan fingerprint density at radius 2 is 1.94 bits per heavy atom. The molecule has 2 rings (SSSR count). The molecule has 2 aromatic rings. The van der Waals surface area contributed by atoms with Gasteiger partial charge in [-0.05, 0) is 29.3 Å². The Balaban J connectivity index is 1.99. The Hall–Kier alpha value is -1.80. The number of benzene rings is 2. The first-order chi connectivity index (χ1) is 7.88. The monoisotopic (exact) mass is 212 g/mol. The molecule has 0 spiro atoms. The second-order valence-corrected chi connectivity index (χ2v) is 3.53. The lowest BCUT2D eigenvalue weighted by molar-refractivity contribution is 0.306. The maximum absolute atomic E-state index is 5.66. The summed E-state index contributed by atoms with van der Waals surface area (Å²) in [7, 11) is 0. The van der Waals surface area contributed by atoms with Crippen LogP contribution in [0.1, 0.15) is 11.1 Å². The van der Waals surface area contributed by atoms with E-state index in [1.165, 1.54) is 0 Å². The normalized spacial score (nSPS) is 10.1. The molecule has 2 N–H and O–H groups in total. The Morgan fingerprint density at radius 3 is 2.69 bits per heavy atom. The predicted octanol–water partition coefficient (Wildman–Crippen LogP) is 2.52. The quantitative estimate of drug-likeness (QED) is 0.845. The van der Waals surface area contributed by atoms with Crippen molar-refractivity contribution in [2.45, 2.75) is 13.2 Å². The van der Waals surface area contributed by atoms with Crippen molar-refractivity contribution in [1.29, 1.82) is 0 Å². The van der Waals surface area contributed by atoms with Gasteiger partial charge in [0, 0.05) is 6.54 Å². The predicted molar refractivity (Wildman–Crippen MR) is 63.9 cm³/mol. The van der Waals surface area contributed by atoms with E-state index in [9.17, 15) is 0 Å².